The fraction of sp³-hybridized carbons (Fsp3) is 0.963. The van der Waals surface area contributed by atoms with Gasteiger partial charge in [-0.25, -0.2) is 0 Å². The Balaban J connectivity index is 4.60. The van der Waals surface area contributed by atoms with Crippen LogP contribution in [0.25, 0.3) is 0 Å². The zero-order valence-corrected chi connectivity index (χ0v) is 42.2. The van der Waals surface area contributed by atoms with E-state index in [9.17, 15) is 9.59 Å². The van der Waals surface area contributed by atoms with E-state index in [0.29, 0.717) is 30.5 Å². The Morgan fingerprint density at radius 2 is 0.500 bits per heavy atom. The van der Waals surface area contributed by atoms with E-state index in [0.717, 1.165) is 110 Å². The van der Waals surface area contributed by atoms with Crippen LogP contribution < -0.4 is 0 Å². The van der Waals surface area contributed by atoms with Crippen molar-refractivity contribution in [2.24, 2.45) is 0 Å². The summed E-state index contributed by atoms with van der Waals surface area (Å²) in [5.74, 6) is 1.44. The molecule has 0 aromatic heterocycles. The number of carbonyl (C=O) groups is 2. The molecule has 6 heteroatoms. The molecule has 0 fully saturated rings. The maximum atomic E-state index is 13.4. The van der Waals surface area contributed by atoms with Gasteiger partial charge in [0.25, 0.3) is 0 Å². The van der Waals surface area contributed by atoms with Gasteiger partial charge in [-0.2, -0.15) is 0 Å². The molecule has 0 saturated carbocycles. The maximum absolute atomic E-state index is 13.4. The minimum atomic E-state index is 0.391. The van der Waals surface area contributed by atoms with E-state index in [-0.39, 0.29) is 0 Å². The van der Waals surface area contributed by atoms with Gasteiger partial charge in [0, 0.05) is 51.4 Å². The zero-order chi connectivity index (χ0) is 43.8. The number of unbranched alkanes of at least 4 members (excludes halogenated alkanes) is 32. The summed E-state index contributed by atoms with van der Waals surface area (Å²) in [4.78, 5) is 33.8. The van der Waals surface area contributed by atoms with Crippen molar-refractivity contribution in [2.45, 2.75) is 285 Å². The van der Waals surface area contributed by atoms with Gasteiger partial charge in [0.15, 0.2) is 0 Å². The fourth-order valence-electron chi connectivity index (χ4n) is 8.82. The lowest BCUT2D eigenvalue weighted by Gasteiger charge is -2.24. The molecule has 358 valence electrons. The highest BCUT2D eigenvalue weighted by Crippen LogP contribution is 2.16. The van der Waals surface area contributed by atoms with Gasteiger partial charge >= 0.3 is 0 Å². The molecule has 0 aliphatic rings. The third kappa shape index (κ3) is 41.2. The minimum absolute atomic E-state index is 0.391. The molecule has 0 aromatic rings. The van der Waals surface area contributed by atoms with Gasteiger partial charge < -0.3 is 14.7 Å². The van der Waals surface area contributed by atoms with Crippen molar-refractivity contribution in [3.05, 3.63) is 0 Å². The van der Waals surface area contributed by atoms with E-state index in [1.165, 1.54) is 180 Å². The maximum Gasteiger partial charge on any atom is 0.222 e. The first-order valence-electron chi connectivity index (χ1n) is 27.4. The molecular weight excluding hydrogens is 758 g/mol. The predicted octanol–water partition coefficient (Wildman–Crippen LogP) is 16.9. The third-order valence-electron chi connectivity index (χ3n) is 13.0. The summed E-state index contributed by atoms with van der Waals surface area (Å²) in [6.07, 6.45) is 49.9. The first-order chi connectivity index (χ1) is 29.5. The summed E-state index contributed by atoms with van der Waals surface area (Å²) in [6, 6.07) is 0. The Bertz CT molecular complexity index is 766. The van der Waals surface area contributed by atoms with E-state index in [2.05, 4.69) is 42.4 Å². The smallest absolute Gasteiger partial charge is 0.222 e. The third-order valence-corrected chi connectivity index (χ3v) is 13.1. The molecule has 0 saturated heterocycles. The molecule has 0 radical (unpaired) electrons. The lowest BCUT2D eigenvalue weighted by Crippen LogP contribution is -2.33. The normalized spacial score (nSPS) is 11.6. The molecule has 5 nitrogen and oxygen atoms in total. The number of nitrogens with zero attached hydrogens (tertiary/aromatic N) is 3. The van der Waals surface area contributed by atoms with Crippen LogP contribution in [-0.2, 0) is 9.59 Å². The van der Waals surface area contributed by atoms with Gasteiger partial charge in [0.2, 0.25) is 11.8 Å². The number of halogens is 1. The summed E-state index contributed by atoms with van der Waals surface area (Å²) in [6.45, 7) is 16.0. The highest BCUT2D eigenvalue weighted by atomic mass is 35.5. The molecule has 0 bridgehead atoms. The average molecular weight is 867 g/mol. The van der Waals surface area contributed by atoms with E-state index in [1.54, 1.807) is 0 Å². The molecular formula is C54H108ClN3O2. The molecule has 2 amide bonds. The van der Waals surface area contributed by atoms with Crippen molar-refractivity contribution in [3.63, 3.8) is 0 Å². The van der Waals surface area contributed by atoms with Crippen LogP contribution >= 0.6 is 11.6 Å². The van der Waals surface area contributed by atoms with Gasteiger partial charge in [-0.05, 0) is 64.5 Å². The van der Waals surface area contributed by atoms with Crippen molar-refractivity contribution >= 4 is 23.4 Å². The summed E-state index contributed by atoms with van der Waals surface area (Å²) in [5.41, 5.74) is 0. The van der Waals surface area contributed by atoms with Gasteiger partial charge in [-0.1, -0.05) is 220 Å². The number of carbonyl (C=O) groups excluding carboxylic acids is 2. The van der Waals surface area contributed by atoms with E-state index >= 15 is 0 Å². The van der Waals surface area contributed by atoms with E-state index < -0.39 is 0 Å². The average Bonchev–Trinajstić information content (AvgIpc) is 3.25. The lowest BCUT2D eigenvalue weighted by molar-refractivity contribution is -0.132. The number of amides is 2. The Kier molecular flexibility index (Phi) is 48.5. The molecule has 0 aliphatic carbocycles. The number of rotatable bonds is 50. The monoisotopic (exact) mass is 866 g/mol. The SMILES string of the molecule is CCCCCCCCCCN(CCCCCCCCCC)C(=O)CCCCCN(CCCl)CCCCCC(=O)N(CCCCCCCCCC)CCCCCCCCCC. The lowest BCUT2D eigenvalue weighted by atomic mass is 10.1. The second-order valence-corrected chi connectivity index (χ2v) is 19.2. The topological polar surface area (TPSA) is 43.9 Å². The second kappa shape index (κ2) is 49.2. The number of hydrogen-bond acceptors (Lipinski definition) is 3. The molecule has 60 heavy (non-hydrogen) atoms. The van der Waals surface area contributed by atoms with Crippen LogP contribution in [0.5, 0.6) is 0 Å². The van der Waals surface area contributed by atoms with Crippen LogP contribution in [0.3, 0.4) is 0 Å². The number of alkyl halides is 1. The fourth-order valence-corrected chi connectivity index (χ4v) is 9.06. The first kappa shape index (κ1) is 59.2. The van der Waals surface area contributed by atoms with Crippen LogP contribution in [-0.4, -0.2) is 78.2 Å². The number of hydrogen-bond donors (Lipinski definition) is 0. The van der Waals surface area contributed by atoms with E-state index in [1.807, 2.05) is 0 Å². The van der Waals surface area contributed by atoms with Crippen LogP contribution in [0.2, 0.25) is 0 Å². The Morgan fingerprint density at radius 3 is 0.750 bits per heavy atom. The van der Waals surface area contributed by atoms with Gasteiger partial charge in [-0.15, -0.1) is 11.6 Å². The summed E-state index contributed by atoms with van der Waals surface area (Å²) >= 11 is 6.25. The molecule has 0 heterocycles. The van der Waals surface area contributed by atoms with Gasteiger partial charge in [0.05, 0.1) is 0 Å². The molecule has 0 aromatic carbocycles. The van der Waals surface area contributed by atoms with E-state index in [4.69, 9.17) is 11.6 Å². The second-order valence-electron chi connectivity index (χ2n) is 18.8. The van der Waals surface area contributed by atoms with Crippen molar-refractivity contribution in [3.8, 4) is 0 Å². The predicted molar refractivity (Wildman–Crippen MR) is 268 cm³/mol. The first-order valence-corrected chi connectivity index (χ1v) is 27.9. The highest BCUT2D eigenvalue weighted by molar-refractivity contribution is 6.18. The summed E-state index contributed by atoms with van der Waals surface area (Å²) in [5, 5.41) is 0. The minimum Gasteiger partial charge on any atom is -0.343 e. The van der Waals surface area contributed by atoms with Gasteiger partial charge in [0.1, 0.15) is 0 Å². The molecule has 0 atom stereocenters. The molecule has 0 unspecified atom stereocenters. The van der Waals surface area contributed by atoms with Crippen molar-refractivity contribution in [1.82, 2.24) is 14.7 Å². The molecule has 0 aliphatic heterocycles. The Morgan fingerprint density at radius 1 is 0.283 bits per heavy atom. The Hall–Kier alpha value is -0.810. The molecule has 0 spiro atoms. The molecule has 0 N–H and O–H groups in total. The standard InChI is InChI=1S/C54H108ClN3O2/c1-5-9-13-17-21-25-29-39-48-57(49-40-30-26-22-18-14-10-6-2)53(59)43-35-33-37-46-56(52-45-55)47-38-34-36-44-54(60)58(50-41-31-27-23-19-15-11-7-3)51-42-32-28-24-20-16-12-8-4/h5-52H2,1-4H3. The van der Waals surface area contributed by atoms with Crippen molar-refractivity contribution in [2.75, 3.05) is 51.7 Å². The largest absolute Gasteiger partial charge is 0.343 e. The van der Waals surface area contributed by atoms with Crippen molar-refractivity contribution < 1.29 is 9.59 Å². The summed E-state index contributed by atoms with van der Waals surface area (Å²) < 4.78 is 0. The zero-order valence-electron chi connectivity index (χ0n) is 41.5. The quantitative estimate of drug-likeness (QED) is 0.0452. The Labute approximate surface area is 382 Å². The summed E-state index contributed by atoms with van der Waals surface area (Å²) in [7, 11) is 0. The van der Waals surface area contributed by atoms with Crippen LogP contribution in [0.1, 0.15) is 285 Å². The van der Waals surface area contributed by atoms with Crippen LogP contribution in [0.15, 0.2) is 0 Å². The van der Waals surface area contributed by atoms with Crippen LogP contribution in [0.4, 0.5) is 0 Å². The molecule has 0 rings (SSSR count). The van der Waals surface area contributed by atoms with Crippen LogP contribution in [0, 0.1) is 0 Å². The van der Waals surface area contributed by atoms with Gasteiger partial charge in [-0.3, -0.25) is 9.59 Å². The van der Waals surface area contributed by atoms with Crippen molar-refractivity contribution in [1.29, 1.82) is 0 Å². The highest BCUT2D eigenvalue weighted by Gasteiger charge is 2.15.